The first kappa shape index (κ1) is 23.8. The molecular formula is C20H23KO6S. The Morgan fingerprint density at radius 1 is 1.04 bits per heavy atom. The maximum absolute atomic E-state index is 11.0. The Kier molecular flexibility index (Phi) is 9.42. The molecule has 2 atom stereocenters. The third-order valence-electron chi connectivity index (χ3n) is 4.92. The van der Waals surface area contributed by atoms with Gasteiger partial charge in [0.1, 0.15) is 5.75 Å². The maximum Gasteiger partial charge on any atom is 1.00 e. The zero-order valence-electron chi connectivity index (χ0n) is 16.1. The molecule has 0 spiro atoms. The molecule has 8 heteroatoms. The van der Waals surface area contributed by atoms with Crippen LogP contribution in [0, 0.1) is 0 Å². The van der Waals surface area contributed by atoms with E-state index in [1.54, 1.807) is 18.2 Å². The number of methoxy groups -OCH3 is 1. The number of phenols is 2. The van der Waals surface area contributed by atoms with E-state index in [2.05, 4.69) is 0 Å². The van der Waals surface area contributed by atoms with Crippen LogP contribution in [-0.2, 0) is 28.4 Å². The van der Waals surface area contributed by atoms with Gasteiger partial charge in [0.05, 0.1) is 24.6 Å². The fourth-order valence-corrected chi connectivity index (χ4v) is 3.92. The smallest absolute Gasteiger partial charge is 0.750 e. The Labute approximate surface area is 210 Å². The van der Waals surface area contributed by atoms with E-state index in [0.29, 0.717) is 36.1 Å². The van der Waals surface area contributed by atoms with Crippen LogP contribution in [0.4, 0.5) is 0 Å². The van der Waals surface area contributed by atoms with Crippen LogP contribution in [0.3, 0.4) is 0 Å². The van der Waals surface area contributed by atoms with Gasteiger partial charge < -0.3 is 19.5 Å². The van der Waals surface area contributed by atoms with Crippen LogP contribution in [0.2, 0.25) is 0 Å². The summed E-state index contributed by atoms with van der Waals surface area (Å²) in [6, 6.07) is 8.86. The Bertz CT molecular complexity index is 842. The van der Waals surface area contributed by atoms with Crippen molar-refractivity contribution in [1.82, 2.24) is 0 Å². The summed E-state index contributed by atoms with van der Waals surface area (Å²) in [5.41, 5.74) is 2.95. The Morgan fingerprint density at radius 2 is 1.79 bits per heavy atom. The molecule has 1 unspecified atom stereocenters. The topological polar surface area (TPSA) is 99.1 Å². The summed E-state index contributed by atoms with van der Waals surface area (Å²) in [6.45, 7) is 0. The summed E-state index contributed by atoms with van der Waals surface area (Å²) in [5.74, 6) is 0.424. The fourth-order valence-electron chi connectivity index (χ4n) is 3.51. The van der Waals surface area contributed by atoms with Crippen LogP contribution in [-0.4, -0.2) is 32.2 Å². The van der Waals surface area contributed by atoms with E-state index < -0.39 is 11.4 Å². The molecule has 1 aliphatic rings. The third-order valence-corrected chi connectivity index (χ3v) is 5.35. The molecule has 2 aromatic rings. The molecule has 4 bridgehead atoms. The van der Waals surface area contributed by atoms with Crippen LogP contribution in [0.25, 0.3) is 11.1 Å². The predicted octanol–water partition coefficient (Wildman–Crippen LogP) is 0.616. The minimum Gasteiger partial charge on any atom is -0.750 e. The molecule has 28 heavy (non-hydrogen) atoms. The van der Waals surface area contributed by atoms with E-state index in [1.807, 2.05) is 12.1 Å². The van der Waals surface area contributed by atoms with Crippen LogP contribution in [0.1, 0.15) is 36.8 Å². The monoisotopic (exact) mass is 430 g/mol. The molecule has 1 aliphatic carbocycles. The van der Waals surface area contributed by atoms with Crippen molar-refractivity contribution in [3.63, 3.8) is 0 Å². The second-order valence-electron chi connectivity index (χ2n) is 6.75. The summed E-state index contributed by atoms with van der Waals surface area (Å²) in [7, 11) is 1.50. The van der Waals surface area contributed by atoms with Crippen molar-refractivity contribution < 1.29 is 79.3 Å². The van der Waals surface area contributed by atoms with Crippen molar-refractivity contribution in [3.8, 4) is 28.4 Å². The van der Waals surface area contributed by atoms with Gasteiger partial charge in [-0.25, -0.2) is 4.21 Å². The zero-order chi connectivity index (χ0) is 19.4. The van der Waals surface area contributed by atoms with Gasteiger partial charge in [-0.3, -0.25) is 4.18 Å². The Hall–Kier alpha value is -0.454. The molecule has 0 fully saturated rings. The Morgan fingerprint density at radius 3 is 2.50 bits per heavy atom. The van der Waals surface area contributed by atoms with Crippen molar-refractivity contribution in [2.24, 2.45) is 0 Å². The molecule has 2 aromatic carbocycles. The molecule has 0 aromatic heterocycles. The molecule has 6 nitrogen and oxygen atoms in total. The van der Waals surface area contributed by atoms with Gasteiger partial charge in [0.2, 0.25) is 0 Å². The standard InChI is InChI=1S/C20H24O6S.K/c1-25-19-12-14-4-2-3-5-15(26-27(23)24)8-6-13-7-9-18(21)16(10-13)17(11-14)20(19)22;/h7,9-12,15,21-22H,2-6,8H2,1H3,(H,23,24);/q;+1/p-1/t15-;/m0./s1. The Balaban J connectivity index is 0.00000280. The average Bonchev–Trinajstić information content (AvgIpc) is 2.65. The van der Waals surface area contributed by atoms with Gasteiger partial charge in [-0.05, 0) is 67.5 Å². The summed E-state index contributed by atoms with van der Waals surface area (Å²) in [4.78, 5) is 0. The number of hydrogen-bond acceptors (Lipinski definition) is 6. The number of benzene rings is 2. The first-order valence-corrected chi connectivity index (χ1v) is 9.96. The summed E-state index contributed by atoms with van der Waals surface area (Å²) < 4.78 is 32.2. The number of ether oxygens (including phenoxy) is 1. The van der Waals surface area contributed by atoms with Crippen LogP contribution in [0.5, 0.6) is 17.2 Å². The molecule has 0 aliphatic heterocycles. The van der Waals surface area contributed by atoms with Crippen molar-refractivity contribution in [3.05, 3.63) is 41.5 Å². The zero-order valence-corrected chi connectivity index (χ0v) is 20.1. The molecule has 3 rings (SSSR count). The van der Waals surface area contributed by atoms with E-state index in [0.717, 1.165) is 30.4 Å². The van der Waals surface area contributed by atoms with Crippen LogP contribution >= 0.6 is 0 Å². The van der Waals surface area contributed by atoms with Crippen LogP contribution in [0.15, 0.2) is 30.3 Å². The second-order valence-corrected chi connectivity index (χ2v) is 7.35. The molecule has 0 heterocycles. The van der Waals surface area contributed by atoms with Crippen molar-refractivity contribution in [2.75, 3.05) is 7.11 Å². The fraction of sp³-hybridized carbons (Fsp3) is 0.400. The number of aryl methyl sites for hydroxylation is 2. The van der Waals surface area contributed by atoms with Gasteiger partial charge in [-0.1, -0.05) is 12.5 Å². The summed E-state index contributed by atoms with van der Waals surface area (Å²) in [5, 5.41) is 20.9. The summed E-state index contributed by atoms with van der Waals surface area (Å²) in [6.07, 6.45) is 3.87. The number of aromatic hydroxyl groups is 2. The molecule has 0 saturated carbocycles. The van der Waals surface area contributed by atoms with E-state index in [4.69, 9.17) is 8.92 Å². The molecule has 0 saturated heterocycles. The van der Waals surface area contributed by atoms with Gasteiger partial charge >= 0.3 is 51.4 Å². The van der Waals surface area contributed by atoms with Gasteiger partial charge in [0.25, 0.3) is 0 Å². The summed E-state index contributed by atoms with van der Waals surface area (Å²) >= 11 is -2.54. The SMILES string of the molecule is COc1cc2cc(c1O)-c1cc(ccc1O)CC[C@@H](OS(=O)[O-])CCCC2.[K+]. The molecule has 0 radical (unpaired) electrons. The number of fused-ring (bicyclic) bond motifs is 5. The minimum absolute atomic E-state index is 0. The van der Waals surface area contributed by atoms with Gasteiger partial charge in [-0.15, -0.1) is 0 Å². The molecule has 2 N–H and O–H groups in total. The van der Waals surface area contributed by atoms with Gasteiger partial charge in [0.15, 0.2) is 11.5 Å². The van der Waals surface area contributed by atoms with E-state index in [1.165, 1.54) is 7.11 Å². The van der Waals surface area contributed by atoms with Crippen LogP contribution < -0.4 is 56.1 Å². The molecule has 0 amide bonds. The van der Waals surface area contributed by atoms with Crippen molar-refractivity contribution >= 4 is 11.4 Å². The third kappa shape index (κ3) is 6.02. The first-order valence-electron chi connectivity index (χ1n) is 8.96. The maximum atomic E-state index is 11.0. The van der Waals surface area contributed by atoms with Gasteiger partial charge in [0, 0.05) is 11.1 Å². The van der Waals surface area contributed by atoms with Crippen molar-refractivity contribution in [1.29, 1.82) is 0 Å². The molecular weight excluding hydrogens is 407 g/mol. The minimum atomic E-state index is -2.54. The van der Waals surface area contributed by atoms with Crippen molar-refractivity contribution in [2.45, 2.75) is 44.6 Å². The van der Waals surface area contributed by atoms with Gasteiger partial charge in [-0.2, -0.15) is 0 Å². The van der Waals surface area contributed by atoms with E-state index >= 15 is 0 Å². The number of hydrogen-bond donors (Lipinski definition) is 2. The number of phenolic OH excluding ortho intramolecular Hbond substituents is 2. The average molecular weight is 431 g/mol. The molecule has 146 valence electrons. The second kappa shape index (κ2) is 11.1. The largest absolute Gasteiger partial charge is 1.00 e. The van der Waals surface area contributed by atoms with E-state index in [-0.39, 0.29) is 69.0 Å². The first-order chi connectivity index (χ1) is 13.0. The quantitative estimate of drug-likeness (QED) is 0.547. The number of rotatable bonds is 3. The normalized spacial score (nSPS) is 18.0. The predicted molar refractivity (Wildman–Crippen MR) is 101 cm³/mol. The van der Waals surface area contributed by atoms with E-state index in [9.17, 15) is 19.0 Å².